The number of benzene rings is 2. The molecule has 2 aromatic rings. The minimum absolute atomic E-state index is 0.0555. The maximum atomic E-state index is 12.3. The van der Waals surface area contributed by atoms with Crippen molar-refractivity contribution < 1.29 is 35.9 Å². The van der Waals surface area contributed by atoms with Crippen molar-refractivity contribution >= 4 is 31.6 Å². The molecule has 0 radical (unpaired) electrons. The third kappa shape index (κ3) is 6.14. The number of sulfone groups is 2. The topological polar surface area (TPSA) is 121 Å². The molecule has 0 atom stereocenters. The summed E-state index contributed by atoms with van der Waals surface area (Å²) >= 11 is 0. The van der Waals surface area contributed by atoms with Crippen LogP contribution in [0.2, 0.25) is 0 Å². The van der Waals surface area contributed by atoms with E-state index in [1.165, 1.54) is 62.4 Å². The fourth-order valence-corrected chi connectivity index (χ4v) is 4.83. The van der Waals surface area contributed by atoms with Gasteiger partial charge in [0, 0.05) is 6.42 Å². The van der Waals surface area contributed by atoms with Crippen LogP contribution < -0.4 is 0 Å². The summed E-state index contributed by atoms with van der Waals surface area (Å²) in [5.41, 5.74) is -0.111. The first-order valence-electron chi connectivity index (χ1n) is 9.62. The van der Waals surface area contributed by atoms with Crippen LogP contribution in [0.5, 0.6) is 0 Å². The molecule has 2 aromatic carbocycles. The maximum Gasteiger partial charge on any atom is 0.339 e. The number of carbonyl (C=O) groups excluding carboxylic acids is 2. The molecule has 168 valence electrons. The Morgan fingerprint density at radius 3 is 1.39 bits per heavy atom. The number of hydrogen-bond acceptors (Lipinski definition) is 8. The molecule has 2 rings (SSSR count). The first-order valence-corrected chi connectivity index (χ1v) is 12.9. The van der Waals surface area contributed by atoms with Gasteiger partial charge in [-0.1, -0.05) is 38.1 Å². The molecular formula is C21H24O8S2. The second-order valence-electron chi connectivity index (χ2n) is 6.42. The van der Waals surface area contributed by atoms with Crippen molar-refractivity contribution in [3.63, 3.8) is 0 Å². The lowest BCUT2D eigenvalue weighted by molar-refractivity contribution is 0.0391. The van der Waals surface area contributed by atoms with Crippen LogP contribution in [0.4, 0.5) is 0 Å². The Hall–Kier alpha value is -2.72. The monoisotopic (exact) mass is 468 g/mol. The smallest absolute Gasteiger partial charge is 0.339 e. The van der Waals surface area contributed by atoms with Gasteiger partial charge in [0.25, 0.3) is 0 Å². The van der Waals surface area contributed by atoms with Crippen molar-refractivity contribution in [1.82, 2.24) is 0 Å². The lowest BCUT2D eigenvalue weighted by Gasteiger charge is -2.11. The van der Waals surface area contributed by atoms with E-state index in [0.29, 0.717) is 0 Å². The zero-order chi connectivity index (χ0) is 23.1. The molecule has 0 fully saturated rings. The molecule has 8 nitrogen and oxygen atoms in total. The summed E-state index contributed by atoms with van der Waals surface area (Å²) in [6.45, 7) is 2.74. The number of hydrogen-bond donors (Lipinski definition) is 0. The Kier molecular flexibility index (Phi) is 8.35. The highest BCUT2D eigenvalue weighted by atomic mass is 32.2. The third-order valence-corrected chi connectivity index (χ3v) is 7.97. The van der Waals surface area contributed by atoms with E-state index in [-0.39, 0.29) is 52.1 Å². The van der Waals surface area contributed by atoms with E-state index >= 15 is 0 Å². The average molecular weight is 469 g/mol. The zero-order valence-electron chi connectivity index (χ0n) is 17.2. The van der Waals surface area contributed by atoms with Crippen molar-refractivity contribution in [3.05, 3.63) is 59.7 Å². The lowest BCUT2D eigenvalue weighted by atomic mass is 10.2. The van der Waals surface area contributed by atoms with Gasteiger partial charge in [0.05, 0.1) is 45.6 Å². The molecule has 10 heteroatoms. The SMILES string of the molecule is CCS(=O)(=O)c1ccccc1C(=O)OCCCOC(=O)c1ccccc1S(=O)(=O)CC. The summed E-state index contributed by atoms with van der Waals surface area (Å²) in [7, 11) is -7.18. The molecule has 0 amide bonds. The van der Waals surface area contributed by atoms with Gasteiger partial charge in [0.1, 0.15) is 0 Å². The molecule has 0 saturated carbocycles. The van der Waals surface area contributed by atoms with Crippen LogP contribution in [0.3, 0.4) is 0 Å². The van der Waals surface area contributed by atoms with E-state index in [2.05, 4.69) is 0 Å². The minimum atomic E-state index is -3.59. The molecule has 0 bridgehead atoms. The fraction of sp³-hybridized carbons (Fsp3) is 0.333. The van der Waals surface area contributed by atoms with E-state index in [9.17, 15) is 26.4 Å². The van der Waals surface area contributed by atoms with Crippen LogP contribution >= 0.6 is 0 Å². The third-order valence-electron chi connectivity index (χ3n) is 4.40. The van der Waals surface area contributed by atoms with Gasteiger partial charge in [-0.2, -0.15) is 0 Å². The summed E-state index contributed by atoms with van der Waals surface area (Å²) in [4.78, 5) is 24.4. The highest BCUT2D eigenvalue weighted by Gasteiger charge is 2.23. The van der Waals surface area contributed by atoms with Gasteiger partial charge in [0.15, 0.2) is 19.7 Å². The maximum absolute atomic E-state index is 12.3. The van der Waals surface area contributed by atoms with E-state index < -0.39 is 31.6 Å². The summed E-state index contributed by atoms with van der Waals surface area (Å²) in [6, 6.07) is 11.6. The van der Waals surface area contributed by atoms with Crippen molar-refractivity contribution in [2.24, 2.45) is 0 Å². The van der Waals surface area contributed by atoms with Crippen LogP contribution in [-0.2, 0) is 29.1 Å². The molecule has 0 spiro atoms. The lowest BCUT2D eigenvalue weighted by Crippen LogP contribution is -2.16. The zero-order valence-corrected chi connectivity index (χ0v) is 18.9. The predicted octanol–water partition coefficient (Wildman–Crippen LogP) is 2.68. The van der Waals surface area contributed by atoms with E-state index in [4.69, 9.17) is 9.47 Å². The van der Waals surface area contributed by atoms with Gasteiger partial charge in [-0.3, -0.25) is 0 Å². The van der Waals surface area contributed by atoms with E-state index in [0.717, 1.165) is 0 Å². The Labute approximate surface area is 182 Å². The van der Waals surface area contributed by atoms with Gasteiger partial charge in [-0.15, -0.1) is 0 Å². The van der Waals surface area contributed by atoms with Crippen LogP contribution in [0, 0.1) is 0 Å². The molecule has 0 aliphatic rings. The van der Waals surface area contributed by atoms with Gasteiger partial charge < -0.3 is 9.47 Å². The van der Waals surface area contributed by atoms with Gasteiger partial charge in [-0.25, -0.2) is 26.4 Å². The standard InChI is InChI=1S/C21H24O8S2/c1-3-30(24,25)18-12-7-5-10-16(18)20(22)28-14-9-15-29-21(23)17-11-6-8-13-19(17)31(26,27)4-2/h5-8,10-13H,3-4,9,14-15H2,1-2H3. The van der Waals surface area contributed by atoms with Crippen molar-refractivity contribution in [3.8, 4) is 0 Å². The molecule has 0 aromatic heterocycles. The second kappa shape index (κ2) is 10.5. The average Bonchev–Trinajstić information content (AvgIpc) is 2.78. The fourth-order valence-electron chi connectivity index (χ4n) is 2.67. The Morgan fingerprint density at radius 1 is 0.677 bits per heavy atom. The molecule has 31 heavy (non-hydrogen) atoms. The summed E-state index contributed by atoms with van der Waals surface area (Å²) in [5, 5.41) is 0. The molecule has 0 N–H and O–H groups in total. The van der Waals surface area contributed by atoms with E-state index in [1.54, 1.807) is 0 Å². The van der Waals surface area contributed by atoms with Crippen LogP contribution in [0.15, 0.2) is 58.3 Å². The minimum Gasteiger partial charge on any atom is -0.462 e. The Morgan fingerprint density at radius 2 is 1.03 bits per heavy atom. The number of ether oxygens (including phenoxy) is 2. The highest BCUT2D eigenvalue weighted by Crippen LogP contribution is 2.19. The first-order chi connectivity index (χ1) is 14.6. The van der Waals surface area contributed by atoms with Crippen LogP contribution in [0.25, 0.3) is 0 Å². The first kappa shape index (κ1) is 24.5. The van der Waals surface area contributed by atoms with Gasteiger partial charge in [0.2, 0.25) is 0 Å². The molecule has 0 aliphatic heterocycles. The van der Waals surface area contributed by atoms with Crippen molar-refractivity contribution in [2.75, 3.05) is 24.7 Å². The summed E-state index contributed by atoms with van der Waals surface area (Å²) < 4.78 is 58.7. The van der Waals surface area contributed by atoms with Crippen LogP contribution in [-0.4, -0.2) is 53.5 Å². The molecule has 0 unspecified atom stereocenters. The number of rotatable bonds is 10. The Balaban J connectivity index is 1.93. The largest absolute Gasteiger partial charge is 0.462 e. The summed E-state index contributed by atoms with van der Waals surface area (Å²) in [6.07, 6.45) is 0.156. The van der Waals surface area contributed by atoms with Gasteiger partial charge >= 0.3 is 11.9 Å². The Bertz CT molecular complexity index is 1060. The van der Waals surface area contributed by atoms with Crippen molar-refractivity contribution in [1.29, 1.82) is 0 Å². The summed E-state index contributed by atoms with van der Waals surface area (Å²) in [5.74, 6) is -1.89. The molecule has 0 saturated heterocycles. The predicted molar refractivity (Wildman–Crippen MR) is 114 cm³/mol. The normalized spacial score (nSPS) is 11.7. The van der Waals surface area contributed by atoms with Crippen LogP contribution in [0.1, 0.15) is 41.0 Å². The molecule has 0 heterocycles. The molecule has 0 aliphatic carbocycles. The number of carbonyl (C=O) groups is 2. The quantitative estimate of drug-likeness (QED) is 0.385. The van der Waals surface area contributed by atoms with Crippen molar-refractivity contribution in [2.45, 2.75) is 30.1 Å². The second-order valence-corrected chi connectivity index (χ2v) is 10.9. The van der Waals surface area contributed by atoms with E-state index in [1.807, 2.05) is 0 Å². The number of esters is 2. The highest BCUT2D eigenvalue weighted by molar-refractivity contribution is 7.91. The molecular weight excluding hydrogens is 444 g/mol. The van der Waals surface area contributed by atoms with Gasteiger partial charge in [-0.05, 0) is 24.3 Å².